The molecule has 28 heavy (non-hydrogen) atoms. The Morgan fingerprint density at radius 2 is 1.29 bits per heavy atom. The Hall–Kier alpha value is -2.82. The number of hydrogen-bond donors (Lipinski definition) is 1. The molecule has 0 fully saturated rings. The van der Waals surface area contributed by atoms with E-state index >= 15 is 0 Å². The molecule has 2 aromatic rings. The highest BCUT2D eigenvalue weighted by Crippen LogP contribution is 2.17. The smallest absolute Gasteiger partial charge is 0.343 e. The summed E-state index contributed by atoms with van der Waals surface area (Å²) in [6, 6.07) is 12.5. The van der Waals surface area contributed by atoms with Crippen LogP contribution in [-0.4, -0.2) is 23.7 Å². The Bertz CT molecular complexity index is 735. The van der Waals surface area contributed by atoms with Gasteiger partial charge in [0.2, 0.25) is 0 Å². The van der Waals surface area contributed by atoms with Gasteiger partial charge in [0, 0.05) is 0 Å². The van der Waals surface area contributed by atoms with Crippen molar-refractivity contribution >= 4 is 11.9 Å². The lowest BCUT2D eigenvalue weighted by atomic mass is 10.1. The number of ether oxygens (including phenoxy) is 2. The fourth-order valence-corrected chi connectivity index (χ4v) is 2.77. The summed E-state index contributed by atoms with van der Waals surface area (Å²) < 4.78 is 11.0. The summed E-state index contributed by atoms with van der Waals surface area (Å²) in [5.74, 6) is -0.491. The molecule has 2 aromatic carbocycles. The number of carboxylic acids is 1. The van der Waals surface area contributed by atoms with Gasteiger partial charge in [-0.2, -0.15) is 0 Å². The van der Waals surface area contributed by atoms with Gasteiger partial charge in [-0.3, -0.25) is 0 Å². The van der Waals surface area contributed by atoms with Crippen LogP contribution in [0.3, 0.4) is 0 Å². The molecule has 0 spiro atoms. The molecular weight excluding hydrogens is 356 g/mol. The van der Waals surface area contributed by atoms with Crippen LogP contribution < -0.4 is 9.47 Å². The van der Waals surface area contributed by atoms with Crippen molar-refractivity contribution in [3.8, 4) is 11.5 Å². The molecule has 1 N–H and O–H groups in total. The quantitative estimate of drug-likeness (QED) is 0.287. The van der Waals surface area contributed by atoms with E-state index in [1.54, 1.807) is 24.3 Å². The Labute approximate surface area is 166 Å². The van der Waals surface area contributed by atoms with Crippen LogP contribution in [0.15, 0.2) is 48.5 Å². The lowest BCUT2D eigenvalue weighted by Gasteiger charge is -2.08. The van der Waals surface area contributed by atoms with Gasteiger partial charge in [0.05, 0.1) is 17.7 Å². The maximum atomic E-state index is 12.2. The number of carbonyl (C=O) groups is 2. The molecule has 0 heterocycles. The molecule has 0 saturated carbocycles. The molecule has 0 aromatic heterocycles. The molecular formula is C23H28O5. The molecule has 5 nitrogen and oxygen atoms in total. The van der Waals surface area contributed by atoms with Gasteiger partial charge in [0.1, 0.15) is 11.5 Å². The van der Waals surface area contributed by atoms with Gasteiger partial charge in [0.25, 0.3) is 0 Å². The lowest BCUT2D eigenvalue weighted by Crippen LogP contribution is -2.08. The zero-order chi connectivity index (χ0) is 20.2. The van der Waals surface area contributed by atoms with Gasteiger partial charge in [-0.15, -0.1) is 0 Å². The average molecular weight is 384 g/mol. The number of unbranched alkanes of at least 4 members (excludes halogenated alkanes) is 6. The van der Waals surface area contributed by atoms with Crippen LogP contribution in [-0.2, 0) is 0 Å². The van der Waals surface area contributed by atoms with Crippen molar-refractivity contribution in [3.05, 3.63) is 59.7 Å². The van der Waals surface area contributed by atoms with Crippen LogP contribution in [0, 0.1) is 0 Å². The van der Waals surface area contributed by atoms with Gasteiger partial charge in [-0.25, -0.2) is 9.59 Å². The largest absolute Gasteiger partial charge is 0.494 e. The number of rotatable bonds is 12. The molecule has 2 rings (SSSR count). The normalized spacial score (nSPS) is 10.5. The fraction of sp³-hybridized carbons (Fsp3) is 0.391. The molecule has 0 bridgehead atoms. The summed E-state index contributed by atoms with van der Waals surface area (Å²) in [7, 11) is 0. The Morgan fingerprint density at radius 1 is 0.750 bits per heavy atom. The van der Waals surface area contributed by atoms with E-state index in [2.05, 4.69) is 6.92 Å². The van der Waals surface area contributed by atoms with Crippen molar-refractivity contribution in [1.29, 1.82) is 0 Å². The highest BCUT2D eigenvalue weighted by atomic mass is 16.5. The van der Waals surface area contributed by atoms with Gasteiger partial charge in [-0.1, -0.05) is 45.4 Å². The van der Waals surface area contributed by atoms with Crippen LogP contribution in [0.2, 0.25) is 0 Å². The fourth-order valence-electron chi connectivity index (χ4n) is 2.77. The molecule has 0 radical (unpaired) electrons. The summed E-state index contributed by atoms with van der Waals surface area (Å²) in [6.07, 6.45) is 8.66. The first-order valence-electron chi connectivity index (χ1n) is 9.88. The topological polar surface area (TPSA) is 72.8 Å². The summed E-state index contributed by atoms with van der Waals surface area (Å²) >= 11 is 0. The van der Waals surface area contributed by atoms with Crippen molar-refractivity contribution in [1.82, 2.24) is 0 Å². The Morgan fingerprint density at radius 3 is 1.89 bits per heavy atom. The molecule has 0 amide bonds. The standard InChI is InChI=1S/C23H28O5/c1-2-3-4-5-6-7-8-17-27-20-13-11-19(12-14-20)23(26)28-21-15-9-18(10-16-21)22(24)25/h9-16H,2-8,17H2,1H3,(H,24,25). The Kier molecular flexibility index (Phi) is 9.05. The average Bonchev–Trinajstić information content (AvgIpc) is 2.71. The second kappa shape index (κ2) is 11.8. The molecule has 150 valence electrons. The van der Waals surface area contributed by atoms with Crippen molar-refractivity contribution < 1.29 is 24.2 Å². The van der Waals surface area contributed by atoms with E-state index in [0.29, 0.717) is 17.9 Å². The zero-order valence-corrected chi connectivity index (χ0v) is 16.4. The summed E-state index contributed by atoms with van der Waals surface area (Å²) in [6.45, 7) is 2.89. The third kappa shape index (κ3) is 7.43. The van der Waals surface area contributed by atoms with E-state index < -0.39 is 11.9 Å². The third-order valence-electron chi connectivity index (χ3n) is 4.42. The molecule has 0 aliphatic heterocycles. The van der Waals surface area contributed by atoms with E-state index in [9.17, 15) is 9.59 Å². The van der Waals surface area contributed by atoms with Gasteiger partial charge >= 0.3 is 11.9 Å². The van der Waals surface area contributed by atoms with Gasteiger partial charge < -0.3 is 14.6 Å². The van der Waals surface area contributed by atoms with E-state index in [-0.39, 0.29) is 5.56 Å². The minimum Gasteiger partial charge on any atom is -0.494 e. The number of benzene rings is 2. The van der Waals surface area contributed by atoms with Crippen LogP contribution >= 0.6 is 0 Å². The molecule has 0 saturated heterocycles. The lowest BCUT2D eigenvalue weighted by molar-refractivity contribution is 0.0696. The summed E-state index contributed by atoms with van der Waals surface area (Å²) in [4.78, 5) is 23.0. The molecule has 0 atom stereocenters. The molecule has 0 aliphatic carbocycles. The number of carbonyl (C=O) groups excluding carboxylic acids is 1. The maximum Gasteiger partial charge on any atom is 0.343 e. The summed E-state index contributed by atoms with van der Waals surface area (Å²) in [5.41, 5.74) is 0.549. The monoisotopic (exact) mass is 384 g/mol. The van der Waals surface area contributed by atoms with Crippen molar-refractivity contribution in [2.45, 2.75) is 51.9 Å². The number of hydrogen-bond acceptors (Lipinski definition) is 4. The summed E-state index contributed by atoms with van der Waals surface area (Å²) in [5, 5.41) is 8.88. The van der Waals surface area contributed by atoms with Gasteiger partial charge in [0.15, 0.2) is 0 Å². The van der Waals surface area contributed by atoms with E-state index in [0.717, 1.165) is 12.2 Å². The van der Waals surface area contributed by atoms with Crippen molar-refractivity contribution in [3.63, 3.8) is 0 Å². The SMILES string of the molecule is CCCCCCCCCOc1ccc(C(=O)Oc2ccc(C(=O)O)cc2)cc1. The highest BCUT2D eigenvalue weighted by Gasteiger charge is 2.10. The number of esters is 1. The van der Waals surface area contributed by atoms with Crippen LogP contribution in [0.1, 0.15) is 72.6 Å². The van der Waals surface area contributed by atoms with Crippen LogP contribution in [0.25, 0.3) is 0 Å². The van der Waals surface area contributed by atoms with Crippen LogP contribution in [0.5, 0.6) is 11.5 Å². The third-order valence-corrected chi connectivity index (χ3v) is 4.42. The van der Waals surface area contributed by atoms with E-state index in [4.69, 9.17) is 14.6 Å². The minimum absolute atomic E-state index is 0.141. The molecule has 5 heteroatoms. The second-order valence-corrected chi connectivity index (χ2v) is 6.71. The van der Waals surface area contributed by atoms with Crippen molar-refractivity contribution in [2.75, 3.05) is 6.61 Å². The van der Waals surface area contributed by atoms with Crippen molar-refractivity contribution in [2.24, 2.45) is 0 Å². The second-order valence-electron chi connectivity index (χ2n) is 6.71. The maximum absolute atomic E-state index is 12.2. The van der Waals surface area contributed by atoms with Crippen LogP contribution in [0.4, 0.5) is 0 Å². The first-order chi connectivity index (χ1) is 13.6. The predicted octanol–water partition coefficient (Wildman–Crippen LogP) is 5.73. The highest BCUT2D eigenvalue weighted by molar-refractivity contribution is 5.91. The zero-order valence-electron chi connectivity index (χ0n) is 16.4. The predicted molar refractivity (Wildman–Crippen MR) is 108 cm³/mol. The minimum atomic E-state index is -1.02. The Balaban J connectivity index is 1.72. The number of aromatic carboxylic acids is 1. The molecule has 0 aliphatic rings. The first kappa shape index (κ1) is 21.5. The van der Waals surface area contributed by atoms with E-state index in [1.807, 2.05) is 0 Å². The molecule has 0 unspecified atom stereocenters. The van der Waals surface area contributed by atoms with Gasteiger partial charge in [-0.05, 0) is 55.0 Å². The first-order valence-corrected chi connectivity index (χ1v) is 9.88. The van der Waals surface area contributed by atoms with E-state index in [1.165, 1.54) is 62.8 Å². The number of carboxylic acid groups (broad SMARTS) is 1.